The van der Waals surface area contributed by atoms with E-state index in [4.69, 9.17) is 19.3 Å². The minimum Gasteiger partial charge on any atom is -0.454 e. The Bertz CT molecular complexity index is 559. The van der Waals surface area contributed by atoms with Gasteiger partial charge in [0.1, 0.15) is 18.3 Å². The molecular formula is C26H46O8. The topological polar surface area (TPSA) is 126 Å². The van der Waals surface area contributed by atoms with E-state index in [-0.39, 0.29) is 19.6 Å². The second kappa shape index (κ2) is 20.0. The number of ether oxygens (including phenoxy) is 3. The van der Waals surface area contributed by atoms with Crippen LogP contribution in [0.5, 0.6) is 0 Å². The predicted molar refractivity (Wildman–Crippen MR) is 130 cm³/mol. The largest absolute Gasteiger partial charge is 0.454 e. The molecule has 0 saturated carbocycles. The summed E-state index contributed by atoms with van der Waals surface area (Å²) in [6.45, 7) is 2.02. The quantitative estimate of drug-likeness (QED) is 0.117. The third-order valence-corrected chi connectivity index (χ3v) is 5.78. The van der Waals surface area contributed by atoms with Gasteiger partial charge in [-0.15, -0.1) is 0 Å². The summed E-state index contributed by atoms with van der Waals surface area (Å²) in [4.78, 5) is 12.3. The second-order valence-corrected chi connectivity index (χ2v) is 8.78. The molecule has 1 fully saturated rings. The number of rotatable bonds is 20. The fraction of sp³-hybridized carbons (Fsp3) is 0.808. The molecule has 0 bridgehead atoms. The molecule has 1 aliphatic heterocycles. The van der Waals surface area contributed by atoms with E-state index in [0.717, 1.165) is 38.5 Å². The highest BCUT2D eigenvalue weighted by Gasteiger charge is 2.41. The van der Waals surface area contributed by atoms with Gasteiger partial charge in [0.25, 0.3) is 0 Å². The number of hydrogen-bond donors (Lipinski definition) is 4. The number of unbranched alkanes of at least 4 members (excludes halogenated alkanes) is 8. The van der Waals surface area contributed by atoms with Crippen molar-refractivity contribution < 1.29 is 39.4 Å². The molecule has 4 atom stereocenters. The van der Waals surface area contributed by atoms with Gasteiger partial charge >= 0.3 is 5.97 Å². The molecule has 1 aliphatic rings. The smallest absolute Gasteiger partial charge is 0.306 e. The highest BCUT2D eigenvalue weighted by atomic mass is 16.7. The highest BCUT2D eigenvalue weighted by Crippen LogP contribution is 2.20. The Hall–Kier alpha value is -1.29. The number of hydrogen-bond acceptors (Lipinski definition) is 8. The Morgan fingerprint density at radius 2 is 1.47 bits per heavy atom. The lowest BCUT2D eigenvalue weighted by atomic mass is 10.0. The minimum absolute atomic E-state index is 0.180. The van der Waals surface area contributed by atoms with Gasteiger partial charge in [0.15, 0.2) is 12.4 Å². The van der Waals surface area contributed by atoms with Crippen molar-refractivity contribution in [3.8, 4) is 0 Å². The van der Waals surface area contributed by atoms with Crippen molar-refractivity contribution in [2.45, 2.75) is 115 Å². The van der Waals surface area contributed by atoms with Gasteiger partial charge in [0.2, 0.25) is 0 Å². The second-order valence-electron chi connectivity index (χ2n) is 8.78. The summed E-state index contributed by atoms with van der Waals surface area (Å²) in [5.41, 5.74) is 0. The summed E-state index contributed by atoms with van der Waals surface area (Å²) in [5.74, 6) is -0.528. The van der Waals surface area contributed by atoms with Gasteiger partial charge in [-0.1, -0.05) is 63.3 Å². The number of carbonyl (C=O) groups excluding carboxylic acids is 1. The fourth-order valence-corrected chi connectivity index (χ4v) is 3.67. The SMILES string of the molecule is CCCCC/C=C\C/C=C\CCCCCCCC(=O)O[C@@H](C1OCCO1)[C@@H](O)[C@H](O)[C@H](O)CO. The van der Waals surface area contributed by atoms with E-state index in [1.54, 1.807) is 0 Å². The Morgan fingerprint density at radius 1 is 0.882 bits per heavy atom. The van der Waals surface area contributed by atoms with Gasteiger partial charge in [-0.3, -0.25) is 4.79 Å². The Morgan fingerprint density at radius 3 is 2.09 bits per heavy atom. The third kappa shape index (κ3) is 13.6. The van der Waals surface area contributed by atoms with Gasteiger partial charge in [-0.25, -0.2) is 0 Å². The lowest BCUT2D eigenvalue weighted by molar-refractivity contribution is -0.210. The third-order valence-electron chi connectivity index (χ3n) is 5.78. The van der Waals surface area contributed by atoms with Crippen LogP contribution in [0.3, 0.4) is 0 Å². The van der Waals surface area contributed by atoms with E-state index in [1.165, 1.54) is 25.7 Å². The van der Waals surface area contributed by atoms with E-state index in [2.05, 4.69) is 31.2 Å². The highest BCUT2D eigenvalue weighted by molar-refractivity contribution is 5.69. The summed E-state index contributed by atoms with van der Waals surface area (Å²) in [6, 6.07) is 0. The number of aliphatic hydroxyl groups excluding tert-OH is 4. The van der Waals surface area contributed by atoms with Crippen LogP contribution in [0.25, 0.3) is 0 Å². The van der Waals surface area contributed by atoms with Crippen LogP contribution in [0.2, 0.25) is 0 Å². The molecule has 1 saturated heterocycles. The van der Waals surface area contributed by atoms with Crippen molar-refractivity contribution in [3.63, 3.8) is 0 Å². The molecule has 1 heterocycles. The first-order valence-corrected chi connectivity index (χ1v) is 12.9. The van der Waals surface area contributed by atoms with Crippen LogP contribution in [0.4, 0.5) is 0 Å². The molecule has 0 amide bonds. The van der Waals surface area contributed by atoms with Crippen molar-refractivity contribution >= 4 is 5.97 Å². The lowest BCUT2D eigenvalue weighted by Crippen LogP contribution is -2.52. The molecule has 8 nitrogen and oxygen atoms in total. The summed E-state index contributed by atoms with van der Waals surface area (Å²) in [6.07, 6.45) is 13.8. The zero-order valence-corrected chi connectivity index (χ0v) is 20.7. The molecule has 0 aliphatic carbocycles. The van der Waals surface area contributed by atoms with E-state index in [0.29, 0.717) is 6.42 Å². The first-order valence-electron chi connectivity index (χ1n) is 12.9. The maximum absolute atomic E-state index is 12.3. The number of carbonyl (C=O) groups is 1. The fourth-order valence-electron chi connectivity index (χ4n) is 3.67. The van der Waals surface area contributed by atoms with Crippen LogP contribution < -0.4 is 0 Å². The maximum Gasteiger partial charge on any atom is 0.306 e. The molecular weight excluding hydrogens is 440 g/mol. The first kappa shape index (κ1) is 30.7. The van der Waals surface area contributed by atoms with Crippen LogP contribution >= 0.6 is 0 Å². The number of esters is 1. The van der Waals surface area contributed by atoms with Gasteiger partial charge < -0.3 is 34.6 Å². The van der Waals surface area contributed by atoms with Crippen molar-refractivity contribution in [1.29, 1.82) is 0 Å². The monoisotopic (exact) mass is 486 g/mol. The lowest BCUT2D eigenvalue weighted by Gasteiger charge is -2.31. The van der Waals surface area contributed by atoms with Crippen molar-refractivity contribution in [3.05, 3.63) is 24.3 Å². The molecule has 0 aromatic rings. The van der Waals surface area contributed by atoms with Gasteiger partial charge in [-0.05, 0) is 38.5 Å². The van der Waals surface area contributed by atoms with Gasteiger partial charge in [-0.2, -0.15) is 0 Å². The zero-order chi connectivity index (χ0) is 25.0. The Balaban J connectivity index is 2.17. The average Bonchev–Trinajstić information content (AvgIpc) is 3.38. The molecule has 0 unspecified atom stereocenters. The van der Waals surface area contributed by atoms with Gasteiger partial charge in [0.05, 0.1) is 19.8 Å². The zero-order valence-electron chi connectivity index (χ0n) is 20.7. The molecule has 34 heavy (non-hydrogen) atoms. The van der Waals surface area contributed by atoms with Crippen molar-refractivity contribution in [1.82, 2.24) is 0 Å². The van der Waals surface area contributed by atoms with Crippen molar-refractivity contribution in [2.24, 2.45) is 0 Å². The summed E-state index contributed by atoms with van der Waals surface area (Å²) < 4.78 is 15.9. The van der Waals surface area contributed by atoms with Crippen LogP contribution in [0.15, 0.2) is 24.3 Å². The van der Waals surface area contributed by atoms with Crippen LogP contribution in [-0.2, 0) is 19.0 Å². The first-order chi connectivity index (χ1) is 16.5. The van der Waals surface area contributed by atoms with Gasteiger partial charge in [0, 0.05) is 6.42 Å². The molecule has 0 aromatic carbocycles. The normalized spacial score (nSPS) is 18.5. The van der Waals surface area contributed by atoms with Crippen LogP contribution in [0.1, 0.15) is 84.0 Å². The Kier molecular flexibility index (Phi) is 18.0. The minimum atomic E-state index is -1.70. The van der Waals surface area contributed by atoms with E-state index in [1.807, 2.05) is 0 Å². The number of allylic oxidation sites excluding steroid dienone is 4. The average molecular weight is 487 g/mol. The summed E-state index contributed by atoms with van der Waals surface area (Å²) in [5, 5.41) is 38.9. The molecule has 4 N–H and O–H groups in total. The molecule has 0 radical (unpaired) electrons. The molecule has 1 rings (SSSR count). The van der Waals surface area contributed by atoms with E-state index >= 15 is 0 Å². The summed E-state index contributed by atoms with van der Waals surface area (Å²) in [7, 11) is 0. The standard InChI is InChI=1S/C26H46O8/c1-2-3-4-5-6-7-8-9-10-11-12-13-14-15-16-17-22(29)34-25(26-32-18-19-33-26)24(31)23(30)21(28)20-27/h6-7,9-10,21,23-28,30-31H,2-5,8,11-20H2,1H3/b7-6-,10-9-/t21-,23-,24+,25-/m1/s1. The molecule has 198 valence electrons. The van der Waals surface area contributed by atoms with E-state index < -0.39 is 43.3 Å². The molecule has 8 heteroatoms. The maximum atomic E-state index is 12.3. The summed E-state index contributed by atoms with van der Waals surface area (Å²) >= 11 is 0. The van der Waals surface area contributed by atoms with Crippen LogP contribution in [-0.4, -0.2) is 76.9 Å². The van der Waals surface area contributed by atoms with E-state index in [9.17, 15) is 20.1 Å². The van der Waals surface area contributed by atoms with Crippen molar-refractivity contribution in [2.75, 3.05) is 19.8 Å². The molecule has 0 aromatic heterocycles. The molecule has 0 spiro atoms. The predicted octanol–water partition coefficient (Wildman–Crippen LogP) is 3.16. The number of aliphatic hydroxyl groups is 4. The Labute approximate surface area is 204 Å². The van der Waals surface area contributed by atoms with Crippen LogP contribution in [0, 0.1) is 0 Å².